The van der Waals surface area contributed by atoms with Gasteiger partial charge in [0.05, 0.1) is 16.9 Å². The molecule has 1 aliphatic rings. The van der Waals surface area contributed by atoms with E-state index in [-0.39, 0.29) is 16.8 Å². The number of ketones is 1. The van der Waals surface area contributed by atoms with Gasteiger partial charge in [0.25, 0.3) is 11.6 Å². The lowest BCUT2D eigenvalue weighted by Crippen LogP contribution is -2.36. The predicted molar refractivity (Wildman–Crippen MR) is 86.0 cm³/mol. The number of nitrogens with one attached hydrogen (secondary N) is 1. The molecule has 2 N–H and O–H groups in total. The maximum absolute atomic E-state index is 12.5. The van der Waals surface area contributed by atoms with Crippen molar-refractivity contribution < 1.29 is 19.6 Å². The third kappa shape index (κ3) is 2.53. The van der Waals surface area contributed by atoms with Gasteiger partial charge in [-0.25, -0.2) is 0 Å². The summed E-state index contributed by atoms with van der Waals surface area (Å²) in [7, 11) is 0. The number of hydrogen-bond acceptors (Lipinski definition) is 5. The topological polar surface area (TPSA) is 110 Å². The van der Waals surface area contributed by atoms with Gasteiger partial charge in [-0.3, -0.25) is 19.7 Å². The molecule has 0 fully saturated rings. The van der Waals surface area contributed by atoms with Gasteiger partial charge in [-0.05, 0) is 24.3 Å². The van der Waals surface area contributed by atoms with Crippen molar-refractivity contribution in [1.29, 1.82) is 0 Å². The molecule has 7 nitrogen and oxygen atoms in total. The second-order valence-electron chi connectivity index (χ2n) is 5.38. The van der Waals surface area contributed by atoms with E-state index in [1.165, 1.54) is 42.5 Å². The number of amides is 1. The van der Waals surface area contributed by atoms with Gasteiger partial charge in [0, 0.05) is 22.3 Å². The summed E-state index contributed by atoms with van der Waals surface area (Å²) in [5.74, 6) is -1.49. The van der Waals surface area contributed by atoms with Crippen LogP contribution in [0.25, 0.3) is 0 Å². The molecule has 122 valence electrons. The molecule has 1 aliphatic heterocycles. The molecule has 0 saturated carbocycles. The van der Waals surface area contributed by atoms with Crippen molar-refractivity contribution >= 4 is 34.7 Å². The maximum Gasteiger partial charge on any atom is 0.280 e. The standard InChI is InChI=1S/C16H11ClN2O5/c17-9-5-6-12-11(7-9)16(22,15(21)18-12)8-14(20)10-3-1-2-4-13(10)19(23)24/h1-7,22H,8H2,(H,18,21). The molecule has 1 heterocycles. The number of benzene rings is 2. The highest BCUT2D eigenvalue weighted by molar-refractivity contribution is 6.31. The van der Waals surface area contributed by atoms with Crippen LogP contribution in [0.2, 0.25) is 5.02 Å². The lowest BCUT2D eigenvalue weighted by atomic mass is 9.88. The summed E-state index contributed by atoms with van der Waals surface area (Å²) in [6.45, 7) is 0. The van der Waals surface area contributed by atoms with Crippen LogP contribution in [0.5, 0.6) is 0 Å². The molecule has 0 saturated heterocycles. The van der Waals surface area contributed by atoms with Crippen LogP contribution in [-0.4, -0.2) is 21.7 Å². The van der Waals surface area contributed by atoms with Crippen LogP contribution in [0.3, 0.4) is 0 Å². The zero-order chi connectivity index (χ0) is 17.5. The Balaban J connectivity index is 2.00. The van der Waals surface area contributed by atoms with Crippen molar-refractivity contribution in [3.63, 3.8) is 0 Å². The first kappa shape index (κ1) is 16.1. The molecular weight excluding hydrogens is 336 g/mol. The largest absolute Gasteiger partial charge is 0.375 e. The summed E-state index contributed by atoms with van der Waals surface area (Å²) in [4.78, 5) is 35.0. The molecule has 0 aromatic heterocycles. The third-order valence-corrected chi connectivity index (χ3v) is 4.10. The molecule has 8 heteroatoms. The maximum atomic E-state index is 12.5. The molecule has 1 atom stereocenters. The molecule has 2 aromatic carbocycles. The highest BCUT2D eigenvalue weighted by atomic mass is 35.5. The molecule has 0 aliphatic carbocycles. The van der Waals surface area contributed by atoms with Gasteiger partial charge in [-0.1, -0.05) is 23.7 Å². The number of Topliss-reactive ketones (excluding diaryl/α,β-unsaturated/α-hetero) is 1. The van der Waals surface area contributed by atoms with Crippen molar-refractivity contribution in [3.05, 3.63) is 68.7 Å². The number of fused-ring (bicyclic) bond motifs is 1. The SMILES string of the molecule is O=C(CC1(O)C(=O)Nc2ccc(Cl)cc21)c1ccccc1[N+](=O)[O-]. The fourth-order valence-electron chi connectivity index (χ4n) is 2.69. The monoisotopic (exact) mass is 346 g/mol. The highest BCUT2D eigenvalue weighted by Gasteiger charge is 2.47. The normalized spacial score (nSPS) is 18.8. The summed E-state index contributed by atoms with van der Waals surface area (Å²) in [5.41, 5.74) is -2.15. The van der Waals surface area contributed by atoms with Gasteiger partial charge in [0.1, 0.15) is 0 Å². The minimum Gasteiger partial charge on any atom is -0.375 e. The summed E-state index contributed by atoms with van der Waals surface area (Å²) >= 11 is 5.89. The van der Waals surface area contributed by atoms with Gasteiger partial charge in [-0.15, -0.1) is 0 Å². The number of nitro benzene ring substituents is 1. The van der Waals surface area contributed by atoms with E-state index in [4.69, 9.17) is 11.6 Å². The Morgan fingerprint density at radius 3 is 2.71 bits per heavy atom. The number of para-hydroxylation sites is 1. The Morgan fingerprint density at radius 2 is 2.00 bits per heavy atom. The van der Waals surface area contributed by atoms with Crippen molar-refractivity contribution in [2.24, 2.45) is 0 Å². The van der Waals surface area contributed by atoms with Gasteiger partial charge in [0.2, 0.25) is 0 Å². The number of carbonyl (C=O) groups excluding carboxylic acids is 2. The molecule has 1 unspecified atom stereocenters. The average molecular weight is 347 g/mol. The molecule has 3 rings (SSSR count). The Kier molecular flexibility index (Phi) is 3.82. The van der Waals surface area contributed by atoms with Crippen LogP contribution >= 0.6 is 11.6 Å². The van der Waals surface area contributed by atoms with Crippen molar-refractivity contribution in [3.8, 4) is 0 Å². The Hall–Kier alpha value is -2.77. The van der Waals surface area contributed by atoms with E-state index in [1.807, 2.05) is 0 Å². The van der Waals surface area contributed by atoms with Gasteiger partial charge in [0.15, 0.2) is 11.4 Å². The van der Waals surface area contributed by atoms with E-state index >= 15 is 0 Å². The lowest BCUT2D eigenvalue weighted by molar-refractivity contribution is -0.385. The van der Waals surface area contributed by atoms with Gasteiger partial charge >= 0.3 is 0 Å². The quantitative estimate of drug-likeness (QED) is 0.502. The summed E-state index contributed by atoms with van der Waals surface area (Å²) in [6.07, 6.45) is -0.628. The number of nitro groups is 1. The van der Waals surface area contributed by atoms with Crippen LogP contribution in [-0.2, 0) is 10.4 Å². The number of rotatable bonds is 4. The number of aliphatic hydroxyl groups is 1. The zero-order valence-corrected chi connectivity index (χ0v) is 12.9. The number of carbonyl (C=O) groups is 2. The van der Waals surface area contributed by atoms with Crippen LogP contribution in [0.1, 0.15) is 22.3 Å². The number of anilines is 1. The molecule has 0 radical (unpaired) electrons. The van der Waals surface area contributed by atoms with E-state index in [0.29, 0.717) is 10.7 Å². The van der Waals surface area contributed by atoms with E-state index in [2.05, 4.69) is 5.32 Å². The van der Waals surface area contributed by atoms with E-state index in [9.17, 15) is 24.8 Å². The summed E-state index contributed by atoms with van der Waals surface area (Å²) in [5, 5.41) is 24.6. The van der Waals surface area contributed by atoms with Crippen molar-refractivity contribution in [1.82, 2.24) is 0 Å². The first-order valence-corrected chi connectivity index (χ1v) is 7.31. The van der Waals surface area contributed by atoms with Crippen molar-refractivity contribution in [2.45, 2.75) is 12.0 Å². The highest BCUT2D eigenvalue weighted by Crippen LogP contribution is 2.40. The average Bonchev–Trinajstić information content (AvgIpc) is 2.78. The fourth-order valence-corrected chi connectivity index (χ4v) is 2.86. The molecule has 2 aromatic rings. The molecular formula is C16H11ClN2O5. The third-order valence-electron chi connectivity index (χ3n) is 3.87. The number of hydrogen-bond donors (Lipinski definition) is 2. The Labute approximate surface area is 141 Å². The van der Waals surface area contributed by atoms with Gasteiger partial charge < -0.3 is 10.4 Å². The fraction of sp³-hybridized carbons (Fsp3) is 0.125. The van der Waals surface area contributed by atoms with Crippen LogP contribution in [0.4, 0.5) is 11.4 Å². The first-order valence-electron chi connectivity index (χ1n) is 6.93. The molecule has 0 spiro atoms. The summed E-state index contributed by atoms with van der Waals surface area (Å²) in [6, 6.07) is 9.83. The molecule has 1 amide bonds. The van der Waals surface area contributed by atoms with Crippen LogP contribution in [0.15, 0.2) is 42.5 Å². The second kappa shape index (κ2) is 5.70. The summed E-state index contributed by atoms with van der Waals surface area (Å²) < 4.78 is 0. The van der Waals surface area contributed by atoms with E-state index in [1.54, 1.807) is 0 Å². The first-order chi connectivity index (χ1) is 11.3. The van der Waals surface area contributed by atoms with Crippen molar-refractivity contribution in [2.75, 3.05) is 5.32 Å². The second-order valence-corrected chi connectivity index (χ2v) is 5.81. The van der Waals surface area contributed by atoms with E-state index < -0.39 is 28.6 Å². The molecule has 0 bridgehead atoms. The minimum atomic E-state index is -2.12. The Morgan fingerprint density at radius 1 is 1.29 bits per heavy atom. The molecule has 24 heavy (non-hydrogen) atoms. The zero-order valence-electron chi connectivity index (χ0n) is 12.2. The number of nitrogens with zero attached hydrogens (tertiary/aromatic N) is 1. The van der Waals surface area contributed by atoms with Crippen LogP contribution < -0.4 is 5.32 Å². The van der Waals surface area contributed by atoms with Gasteiger partial charge in [-0.2, -0.15) is 0 Å². The number of halogens is 1. The predicted octanol–water partition coefficient (Wildman–Crippen LogP) is 2.66. The van der Waals surface area contributed by atoms with Crippen LogP contribution in [0, 0.1) is 10.1 Å². The smallest absolute Gasteiger partial charge is 0.280 e. The van der Waals surface area contributed by atoms with E-state index in [0.717, 1.165) is 0 Å². The lowest BCUT2D eigenvalue weighted by Gasteiger charge is -2.20. The minimum absolute atomic E-state index is 0.167. The Bertz CT molecular complexity index is 883.